The van der Waals surface area contributed by atoms with Crippen molar-refractivity contribution in [3.63, 3.8) is 0 Å². The van der Waals surface area contributed by atoms with Gasteiger partial charge in [0.25, 0.3) is 15.7 Å². The van der Waals surface area contributed by atoms with Crippen molar-refractivity contribution < 1.29 is 71.6 Å². The maximum Gasteiger partial charge on any atom is 0.326 e. The molecule has 0 rings (SSSR count). The van der Waals surface area contributed by atoms with E-state index < -0.39 is 11.9 Å². The molecule has 882 valence electrons. The number of hydrogen-bond donors (Lipinski definition) is 0. The van der Waals surface area contributed by atoms with Crippen LogP contribution in [0, 0.1) is 0 Å². The van der Waals surface area contributed by atoms with Crippen molar-refractivity contribution in [2.75, 3.05) is 138 Å². The first-order chi connectivity index (χ1) is 73.0. The first kappa shape index (κ1) is 149. The summed E-state index contributed by atoms with van der Waals surface area (Å²) >= 11 is 4.02. The zero-order valence-electron chi connectivity index (χ0n) is 100. The van der Waals surface area contributed by atoms with Crippen LogP contribution in [0.2, 0.25) is 0 Å². The molecular weight excluding hydrogens is 1930 g/mol. The van der Waals surface area contributed by atoms with E-state index in [0.717, 1.165) is 307 Å². The highest BCUT2D eigenvalue weighted by Crippen LogP contribution is 2.26. The minimum Gasteiger partial charge on any atom is -0.462 e. The number of carbonyl (C=O) groups excluding carboxylic acids is 9. The van der Waals surface area contributed by atoms with E-state index in [-0.39, 0.29) is 77.6 Å². The summed E-state index contributed by atoms with van der Waals surface area (Å²) in [5.74, 6) is 1.05. The van der Waals surface area contributed by atoms with Crippen molar-refractivity contribution >= 4 is 86.8 Å². The Morgan fingerprint density at radius 2 is 0.413 bits per heavy atom. The van der Waals surface area contributed by atoms with Crippen LogP contribution in [0.3, 0.4) is 0 Å². The number of ether oxygens (including phenoxy) is 6. The molecule has 0 radical (unpaired) electrons. The highest BCUT2D eigenvalue weighted by molar-refractivity contribution is 8.14. The number of rotatable bonds is 108. The zero-order chi connectivity index (χ0) is 111. The minimum atomic E-state index is -0.510. The van der Waals surface area contributed by atoms with Crippen LogP contribution in [0.1, 0.15) is 563 Å². The summed E-state index contributed by atoms with van der Waals surface area (Å²) in [5, 5.41) is 0.0984. The molecule has 3 amide bonds. The lowest BCUT2D eigenvalue weighted by Gasteiger charge is -2.23. The monoisotopic (exact) mass is 2170 g/mol. The van der Waals surface area contributed by atoms with Gasteiger partial charge in [-0.25, -0.2) is 0 Å². The van der Waals surface area contributed by atoms with Crippen LogP contribution in [-0.2, 0) is 57.2 Å². The Kier molecular flexibility index (Phi) is 119. The molecule has 0 saturated carbocycles. The number of amides is 3. The molecule has 0 aliphatic rings. The van der Waals surface area contributed by atoms with E-state index in [9.17, 15) is 43.2 Å². The Bertz CT molecular complexity index is 3050. The first-order valence-electron chi connectivity index (χ1n) is 62.7. The molecule has 0 aromatic rings. The van der Waals surface area contributed by atoms with Crippen LogP contribution in [0.5, 0.6) is 0 Å². The molecular formula is C126H240N6O15S3. The third-order valence-electron chi connectivity index (χ3n) is 27.5. The van der Waals surface area contributed by atoms with Gasteiger partial charge in [-0.05, 0) is 222 Å². The molecule has 0 fully saturated rings. The van der Waals surface area contributed by atoms with Gasteiger partial charge in [-0.2, -0.15) is 0 Å². The summed E-state index contributed by atoms with van der Waals surface area (Å²) in [6.07, 6.45) is 98.2. The Morgan fingerprint density at radius 3 is 0.687 bits per heavy atom. The number of nitrogens with zero attached hydrogens (tertiary/aromatic N) is 6. The lowest BCUT2D eigenvalue weighted by atomic mass is 10.0. The number of esters is 6. The maximum absolute atomic E-state index is 13.1. The van der Waals surface area contributed by atoms with E-state index in [4.69, 9.17) is 28.4 Å². The minimum absolute atomic E-state index is 0.00959. The third kappa shape index (κ3) is 113. The van der Waals surface area contributed by atoms with Crippen LogP contribution in [0.15, 0.2) is 36.5 Å². The van der Waals surface area contributed by atoms with Gasteiger partial charge in [0.15, 0.2) is 0 Å². The second kappa shape index (κ2) is 120. The van der Waals surface area contributed by atoms with Gasteiger partial charge in [-0.3, -0.25) is 43.2 Å². The van der Waals surface area contributed by atoms with Crippen molar-refractivity contribution in [1.29, 1.82) is 0 Å². The smallest absolute Gasteiger partial charge is 0.326 e. The van der Waals surface area contributed by atoms with Crippen LogP contribution in [0.25, 0.3) is 0 Å². The molecule has 0 aliphatic carbocycles. The Hall–Kier alpha value is -4.62. The topological polar surface area (TPSA) is 228 Å². The van der Waals surface area contributed by atoms with Crippen molar-refractivity contribution in [3.8, 4) is 0 Å². The summed E-state index contributed by atoms with van der Waals surface area (Å²) < 4.78 is 34.0. The van der Waals surface area contributed by atoms with Gasteiger partial charge >= 0.3 is 35.8 Å². The first-order valence-corrected chi connectivity index (χ1v) is 65.7. The predicted molar refractivity (Wildman–Crippen MR) is 645 cm³/mol. The molecule has 0 unspecified atom stereocenters. The van der Waals surface area contributed by atoms with Crippen molar-refractivity contribution in [2.45, 2.75) is 581 Å². The van der Waals surface area contributed by atoms with E-state index in [2.05, 4.69) is 99.0 Å². The number of allylic oxidation sites excluding steroid dienone is 3. The van der Waals surface area contributed by atoms with E-state index >= 15 is 0 Å². The highest BCUT2D eigenvalue weighted by atomic mass is 32.2. The Labute approximate surface area is 937 Å². The molecule has 21 nitrogen and oxygen atoms in total. The van der Waals surface area contributed by atoms with Crippen LogP contribution < -0.4 is 0 Å². The van der Waals surface area contributed by atoms with Gasteiger partial charge in [0.05, 0.1) is 0 Å². The fraction of sp³-hybridized carbons (Fsp3) is 0.881. The average molecular weight is 2180 g/mol. The lowest BCUT2D eigenvalue weighted by molar-refractivity contribution is -0.152. The van der Waals surface area contributed by atoms with E-state index in [0.29, 0.717) is 44.6 Å². The fourth-order valence-corrected chi connectivity index (χ4v) is 20.6. The van der Waals surface area contributed by atoms with Crippen LogP contribution in [0.4, 0.5) is 14.4 Å². The van der Waals surface area contributed by atoms with Gasteiger partial charge in [0, 0.05) is 82.2 Å². The normalized spacial score (nSPS) is 11.6. The summed E-state index contributed by atoms with van der Waals surface area (Å²) in [7, 11) is 12.2. The molecule has 0 heterocycles. The SMILES string of the molecule is CCCCCC/C=C\COC(=O)CCCCCCCN(CCCCCCCC(=O)OC(CCCCCCC)CCCCCCC)C(=O)SCCN(C)C.CCCCCC/C=C\COC(=O)CCCCCCCN(CCCCCCCC(=O)OC(CCCCCCCC)CCCCCCCC)C(=O)SCCN(C)C.CCCCCC/C=C\COC(=O)CN(CC(=O)OC(CCCCCCC)CCCCCCC)C(=O)SCCCN(C)C. The predicted octanol–water partition coefficient (Wildman–Crippen LogP) is 35.8. The van der Waals surface area contributed by atoms with E-state index in [1.165, 1.54) is 266 Å². The van der Waals surface area contributed by atoms with Crippen LogP contribution in [-0.4, -0.2) is 238 Å². The molecule has 24 heteroatoms. The molecule has 0 aliphatic heterocycles. The molecule has 0 atom stereocenters. The quantitative estimate of drug-likeness (QED) is 0.0238. The number of thioether (sulfide) groups is 3. The van der Waals surface area contributed by atoms with Crippen molar-refractivity contribution in [3.05, 3.63) is 36.5 Å². The van der Waals surface area contributed by atoms with Crippen molar-refractivity contribution in [2.24, 2.45) is 0 Å². The molecule has 150 heavy (non-hydrogen) atoms. The van der Waals surface area contributed by atoms with E-state index in [1.807, 2.05) is 66.6 Å². The molecule has 0 bridgehead atoms. The zero-order valence-corrected chi connectivity index (χ0v) is 103. The second-order valence-electron chi connectivity index (χ2n) is 43.3. The fourth-order valence-electron chi connectivity index (χ4n) is 17.9. The van der Waals surface area contributed by atoms with Gasteiger partial charge in [0.2, 0.25) is 0 Å². The van der Waals surface area contributed by atoms with Gasteiger partial charge in [-0.1, -0.05) is 436 Å². The maximum atomic E-state index is 13.1. The molecule has 0 aromatic carbocycles. The molecule has 0 aromatic heterocycles. The Morgan fingerprint density at radius 1 is 0.200 bits per heavy atom. The highest BCUT2D eigenvalue weighted by Gasteiger charge is 2.26. The van der Waals surface area contributed by atoms with Gasteiger partial charge in [-0.15, -0.1) is 0 Å². The lowest BCUT2D eigenvalue weighted by Crippen LogP contribution is -2.39. The summed E-state index contributed by atoms with van der Waals surface area (Å²) in [5.41, 5.74) is 0. The number of hydrogen-bond acceptors (Lipinski definition) is 21. The second-order valence-corrected chi connectivity index (χ2v) is 46.4. The molecule has 0 saturated heterocycles. The largest absolute Gasteiger partial charge is 0.462 e. The van der Waals surface area contributed by atoms with Crippen molar-refractivity contribution in [1.82, 2.24) is 29.4 Å². The Balaban J connectivity index is -0.00000218. The molecule has 0 spiro atoms. The third-order valence-corrected chi connectivity index (χ3v) is 30.3. The van der Waals surface area contributed by atoms with Crippen LogP contribution >= 0.6 is 35.3 Å². The standard InChI is InChI=1S/C47H90N2O5S.C45H86N2O5S.C34H64N2O5S/c1-6-9-12-15-18-27-34-42-53-45(50)37-30-23-19-25-32-39-49(47(52)55-43-41-48(4)5)40-33-26-20-24-31-38-46(51)54-44(35-28-21-16-13-10-7-2)36-29-22-17-14-11-8-3;1-6-9-12-15-16-25-32-40-51-43(48)35-28-21-17-23-30-37-47(45(50)53-41-39-46(4)5)38-31-24-18-22-29-36-44(49)52-42(33-26-19-13-10-7-2)34-27-20-14-11-8-3;1-6-9-12-15-16-19-22-27-40-32(37)29-36(34(39)42-28-23-26-35(4)5)30-33(38)41-31(24-20-17-13-10-7-2)25-21-18-14-11-8-3/h27,34,44H,6-26,28-33,35-43H2,1-5H3;25,32,42H,6-24,26-31,33-41H2,1-5H3;19,22,31H,6-18,20-21,23-30H2,1-5H3/b34-27-;32-25-;22-19-. The summed E-state index contributed by atoms with van der Waals surface area (Å²) in [4.78, 5) is 126. The number of carbonyl (C=O) groups is 9. The summed E-state index contributed by atoms with van der Waals surface area (Å²) in [6, 6.07) is 0. The molecule has 0 N–H and O–H groups in total. The summed E-state index contributed by atoms with van der Waals surface area (Å²) in [6.45, 7) is 26.3. The van der Waals surface area contributed by atoms with Gasteiger partial charge < -0.3 is 57.8 Å². The number of unbranched alkanes of at least 4 members (excludes halogenated alkanes) is 54. The van der Waals surface area contributed by atoms with E-state index in [1.54, 1.807) is 0 Å². The van der Waals surface area contributed by atoms with Gasteiger partial charge in [0.1, 0.15) is 51.2 Å². The average Bonchev–Trinajstić information content (AvgIpc) is 0.892.